The second kappa shape index (κ2) is 14.5. The smallest absolute Gasteiger partial charge is 0.264 e. The highest BCUT2D eigenvalue weighted by Crippen LogP contribution is 2.34. The number of methoxy groups -OCH3 is 3. The number of aryl methyl sites for hydroxylation is 1. The van der Waals surface area contributed by atoms with Crippen LogP contribution in [0.2, 0.25) is 0 Å². The fourth-order valence-electron chi connectivity index (χ4n) is 5.25. The van der Waals surface area contributed by atoms with Crippen molar-refractivity contribution < 1.29 is 32.2 Å². The third kappa shape index (κ3) is 7.63. The van der Waals surface area contributed by atoms with Crippen LogP contribution in [0.1, 0.15) is 43.7 Å². The highest BCUT2D eigenvalue weighted by Gasteiger charge is 2.33. The Kier molecular flexibility index (Phi) is 10.7. The van der Waals surface area contributed by atoms with E-state index >= 15 is 0 Å². The first kappa shape index (κ1) is 32.7. The first-order chi connectivity index (χ1) is 21.1. The molecule has 0 bridgehead atoms. The molecule has 44 heavy (non-hydrogen) atoms. The average Bonchev–Trinajstić information content (AvgIpc) is 3.55. The van der Waals surface area contributed by atoms with Gasteiger partial charge in [-0.25, -0.2) is 8.42 Å². The summed E-state index contributed by atoms with van der Waals surface area (Å²) in [5.74, 6) is 0.551. The molecule has 0 aromatic heterocycles. The van der Waals surface area contributed by atoms with Crippen LogP contribution in [0.5, 0.6) is 17.2 Å². The van der Waals surface area contributed by atoms with Crippen molar-refractivity contribution in [2.45, 2.75) is 63.1 Å². The van der Waals surface area contributed by atoms with Crippen molar-refractivity contribution in [1.82, 2.24) is 10.2 Å². The summed E-state index contributed by atoms with van der Waals surface area (Å²) in [7, 11) is 0.283. The number of sulfonamides is 1. The van der Waals surface area contributed by atoms with E-state index in [0.29, 0.717) is 17.2 Å². The van der Waals surface area contributed by atoms with E-state index in [1.165, 1.54) is 37.3 Å². The number of hydrogen-bond acceptors (Lipinski definition) is 7. The fraction of sp³-hybridized carbons (Fsp3) is 0.394. The summed E-state index contributed by atoms with van der Waals surface area (Å²) in [4.78, 5) is 29.1. The van der Waals surface area contributed by atoms with Gasteiger partial charge in [0, 0.05) is 18.7 Å². The van der Waals surface area contributed by atoms with Gasteiger partial charge in [0.25, 0.3) is 10.0 Å². The molecule has 3 aromatic carbocycles. The maximum absolute atomic E-state index is 14.2. The second-order valence-electron chi connectivity index (χ2n) is 10.9. The van der Waals surface area contributed by atoms with E-state index in [2.05, 4.69) is 5.32 Å². The zero-order chi connectivity index (χ0) is 31.9. The van der Waals surface area contributed by atoms with Crippen LogP contribution in [0.3, 0.4) is 0 Å². The normalized spacial score (nSPS) is 14.0. The lowest BCUT2D eigenvalue weighted by Crippen LogP contribution is -2.52. The third-order valence-corrected chi connectivity index (χ3v) is 9.71. The van der Waals surface area contributed by atoms with E-state index in [-0.39, 0.29) is 29.1 Å². The molecule has 0 spiro atoms. The number of carbonyl (C=O) groups excluding carboxylic acids is 2. The van der Waals surface area contributed by atoms with E-state index in [4.69, 9.17) is 14.2 Å². The molecule has 236 valence electrons. The van der Waals surface area contributed by atoms with E-state index in [1.807, 2.05) is 19.1 Å². The van der Waals surface area contributed by atoms with Gasteiger partial charge in [-0.1, -0.05) is 42.7 Å². The van der Waals surface area contributed by atoms with Crippen LogP contribution >= 0.6 is 0 Å². The second-order valence-corrected chi connectivity index (χ2v) is 12.8. The molecule has 11 heteroatoms. The summed E-state index contributed by atoms with van der Waals surface area (Å²) in [5, 5.41) is 3.08. The molecule has 0 radical (unpaired) electrons. The highest BCUT2D eigenvalue weighted by atomic mass is 32.2. The zero-order valence-electron chi connectivity index (χ0n) is 25.9. The van der Waals surface area contributed by atoms with Crippen molar-refractivity contribution >= 4 is 27.5 Å². The molecule has 1 atom stereocenters. The van der Waals surface area contributed by atoms with Crippen LogP contribution in [-0.2, 0) is 26.2 Å². The number of anilines is 1. The van der Waals surface area contributed by atoms with Crippen LogP contribution in [0.25, 0.3) is 0 Å². The zero-order valence-corrected chi connectivity index (χ0v) is 26.7. The van der Waals surface area contributed by atoms with Gasteiger partial charge in [0.05, 0.1) is 31.9 Å². The quantitative estimate of drug-likeness (QED) is 0.294. The molecule has 1 aliphatic carbocycles. The molecule has 0 unspecified atom stereocenters. The number of hydrogen-bond donors (Lipinski definition) is 1. The summed E-state index contributed by atoms with van der Waals surface area (Å²) in [5.41, 5.74) is 1.87. The number of rotatable bonds is 13. The van der Waals surface area contributed by atoms with Gasteiger partial charge in [-0.2, -0.15) is 0 Å². The number of ether oxygens (including phenoxy) is 3. The lowest BCUT2D eigenvalue weighted by Gasteiger charge is -2.32. The molecule has 1 N–H and O–H groups in total. The Morgan fingerprint density at radius 2 is 1.52 bits per heavy atom. The van der Waals surface area contributed by atoms with Crippen molar-refractivity contribution in [2.24, 2.45) is 0 Å². The van der Waals surface area contributed by atoms with E-state index < -0.39 is 28.5 Å². The predicted molar refractivity (Wildman–Crippen MR) is 169 cm³/mol. The minimum absolute atomic E-state index is 0.0272. The number of nitrogens with zero attached hydrogens (tertiary/aromatic N) is 2. The number of carbonyl (C=O) groups is 2. The molecule has 0 aliphatic heterocycles. The Labute approximate surface area is 260 Å². The lowest BCUT2D eigenvalue weighted by molar-refractivity contribution is -0.139. The number of nitrogens with one attached hydrogen (secondary N) is 1. The van der Waals surface area contributed by atoms with Gasteiger partial charge >= 0.3 is 0 Å². The van der Waals surface area contributed by atoms with Crippen LogP contribution in [0, 0.1) is 6.92 Å². The number of benzene rings is 3. The third-order valence-electron chi connectivity index (χ3n) is 7.92. The summed E-state index contributed by atoms with van der Waals surface area (Å²) < 4.78 is 45.3. The maximum Gasteiger partial charge on any atom is 0.264 e. The molecule has 2 amide bonds. The monoisotopic (exact) mass is 623 g/mol. The van der Waals surface area contributed by atoms with Gasteiger partial charge in [0.1, 0.15) is 18.3 Å². The molecule has 0 heterocycles. The molecule has 1 saturated carbocycles. The van der Waals surface area contributed by atoms with Gasteiger partial charge in [-0.15, -0.1) is 0 Å². The fourth-order valence-corrected chi connectivity index (χ4v) is 6.65. The van der Waals surface area contributed by atoms with Gasteiger partial charge in [-0.05, 0) is 68.7 Å². The Morgan fingerprint density at radius 3 is 2.11 bits per heavy atom. The largest absolute Gasteiger partial charge is 0.497 e. The Hall–Kier alpha value is -4.25. The van der Waals surface area contributed by atoms with Gasteiger partial charge in [-0.3, -0.25) is 13.9 Å². The topological polar surface area (TPSA) is 114 Å². The molecule has 1 aliphatic rings. The van der Waals surface area contributed by atoms with Crippen LogP contribution in [0.4, 0.5) is 5.69 Å². The standard InChI is InChI=1S/C33H41N3O7S/c1-23-10-17-29(18-11-23)44(39,40)36(27-14-19-30(42-4)31(20-27)43-5)22-32(37)35(21-25-12-15-28(41-3)16-13-25)24(2)33(38)34-26-8-6-7-9-26/h10-20,24,26H,6-9,21-22H2,1-5H3,(H,34,38)/t24-/m0/s1. The Morgan fingerprint density at radius 1 is 0.886 bits per heavy atom. The summed E-state index contributed by atoms with van der Waals surface area (Å²) in [6.07, 6.45) is 3.88. The Bertz CT molecular complexity index is 1540. The highest BCUT2D eigenvalue weighted by molar-refractivity contribution is 7.92. The Balaban J connectivity index is 1.72. The number of amides is 2. The van der Waals surface area contributed by atoms with Gasteiger partial charge in [0.15, 0.2) is 11.5 Å². The minimum atomic E-state index is -4.22. The van der Waals surface area contributed by atoms with Crippen LogP contribution in [0.15, 0.2) is 71.6 Å². The van der Waals surface area contributed by atoms with Crippen molar-refractivity contribution in [3.05, 3.63) is 77.9 Å². The van der Waals surface area contributed by atoms with E-state index in [9.17, 15) is 18.0 Å². The molecule has 0 saturated heterocycles. The first-order valence-corrected chi connectivity index (χ1v) is 16.1. The maximum atomic E-state index is 14.2. The van der Waals surface area contributed by atoms with Crippen molar-refractivity contribution in [3.63, 3.8) is 0 Å². The van der Waals surface area contributed by atoms with Crippen molar-refractivity contribution in [1.29, 1.82) is 0 Å². The molecular formula is C33H41N3O7S. The lowest BCUT2D eigenvalue weighted by atomic mass is 10.1. The average molecular weight is 624 g/mol. The van der Waals surface area contributed by atoms with Crippen LogP contribution in [-0.4, -0.2) is 65.1 Å². The van der Waals surface area contributed by atoms with E-state index in [0.717, 1.165) is 41.1 Å². The summed E-state index contributed by atoms with van der Waals surface area (Å²) in [6.45, 7) is 3.07. The van der Waals surface area contributed by atoms with Crippen LogP contribution < -0.4 is 23.8 Å². The minimum Gasteiger partial charge on any atom is -0.497 e. The van der Waals surface area contributed by atoms with Gasteiger partial charge in [0.2, 0.25) is 11.8 Å². The SMILES string of the molecule is COc1ccc(CN(C(=O)CN(c2ccc(OC)c(OC)c2)S(=O)(=O)c2ccc(C)cc2)[C@@H](C)C(=O)NC2CCCC2)cc1. The predicted octanol–water partition coefficient (Wildman–Crippen LogP) is 4.69. The molecule has 4 rings (SSSR count). The molecule has 10 nitrogen and oxygen atoms in total. The summed E-state index contributed by atoms with van der Waals surface area (Å²) >= 11 is 0. The van der Waals surface area contributed by atoms with Crippen molar-refractivity contribution in [2.75, 3.05) is 32.2 Å². The molecule has 1 fully saturated rings. The van der Waals surface area contributed by atoms with E-state index in [1.54, 1.807) is 50.4 Å². The summed E-state index contributed by atoms with van der Waals surface area (Å²) in [6, 6.07) is 17.5. The van der Waals surface area contributed by atoms with Gasteiger partial charge < -0.3 is 24.4 Å². The molecular weight excluding hydrogens is 582 g/mol. The molecule has 3 aromatic rings. The van der Waals surface area contributed by atoms with Crippen molar-refractivity contribution in [3.8, 4) is 17.2 Å². The first-order valence-electron chi connectivity index (χ1n) is 14.6.